The van der Waals surface area contributed by atoms with Crippen molar-refractivity contribution in [3.63, 3.8) is 0 Å². The number of nitrogens with one attached hydrogen (secondary N) is 1. The number of fused-ring (bicyclic) bond motifs is 2. The van der Waals surface area contributed by atoms with Crippen molar-refractivity contribution in [2.45, 2.75) is 33.0 Å². The summed E-state index contributed by atoms with van der Waals surface area (Å²) in [6.07, 6.45) is 0.670. The lowest BCUT2D eigenvalue weighted by Gasteiger charge is -2.31. The highest BCUT2D eigenvalue weighted by molar-refractivity contribution is 7.22. The summed E-state index contributed by atoms with van der Waals surface area (Å²) in [5, 5.41) is 28.6. The summed E-state index contributed by atoms with van der Waals surface area (Å²) >= 11 is 1.42. The number of carboxylic acids is 1. The summed E-state index contributed by atoms with van der Waals surface area (Å²) in [5.41, 5.74) is 6.31. The molecular weight excluding hydrogens is 600 g/mol. The predicted molar refractivity (Wildman–Crippen MR) is 177 cm³/mol. The second kappa shape index (κ2) is 12.2. The minimum absolute atomic E-state index is 0.123. The lowest BCUT2D eigenvalue weighted by Crippen LogP contribution is -2.33. The molecule has 0 fully saturated rings. The molecule has 3 aromatic heterocycles. The number of hydrogen-bond acceptors (Lipinski definition) is 8. The van der Waals surface area contributed by atoms with Crippen LogP contribution in [0.4, 0.5) is 10.9 Å². The van der Waals surface area contributed by atoms with E-state index in [9.17, 15) is 19.8 Å². The molecule has 0 unspecified atom stereocenters. The number of hydrogen-bond donors (Lipinski definition) is 3. The molecule has 0 saturated heterocycles. The number of aliphatic hydroxyl groups excluding tert-OH is 1. The quantitative estimate of drug-likeness (QED) is 0.189. The molecule has 0 aliphatic carbocycles. The molecule has 46 heavy (non-hydrogen) atoms. The van der Waals surface area contributed by atoms with Gasteiger partial charge in [0, 0.05) is 35.5 Å². The van der Waals surface area contributed by atoms with E-state index in [-0.39, 0.29) is 18.2 Å². The predicted octanol–water partition coefficient (Wildman–Crippen LogP) is 5.92. The van der Waals surface area contributed by atoms with E-state index < -0.39 is 5.97 Å². The third-order valence-electron chi connectivity index (χ3n) is 8.31. The maximum atomic E-state index is 13.5. The number of carbonyl (C=O) groups is 2. The minimum Gasteiger partial charge on any atom is -0.476 e. The van der Waals surface area contributed by atoms with Gasteiger partial charge in [-0.2, -0.15) is 5.10 Å². The molecule has 230 valence electrons. The summed E-state index contributed by atoms with van der Waals surface area (Å²) in [5.74, 6) is -0.927. The number of amides is 1. The van der Waals surface area contributed by atoms with Crippen molar-refractivity contribution in [2.75, 3.05) is 16.8 Å². The fourth-order valence-electron chi connectivity index (χ4n) is 6.05. The minimum atomic E-state index is -1.18. The Morgan fingerprint density at radius 1 is 0.957 bits per heavy atom. The standard InChI is InChI=1S/C35H30N6O4S/c1-21-31(28(20-42)39-41(21)18-22-8-3-2-4-9-22)25-14-15-30(37-32(25)34(44)45)40-17-16-23-10-7-11-24(26(23)19-40)33(43)38-35-36-27-12-5-6-13-29(27)46-35/h2-15,42H,16-20H2,1H3,(H,44,45)(H,36,38,43). The maximum Gasteiger partial charge on any atom is 0.355 e. The molecule has 3 N–H and O–H groups in total. The van der Waals surface area contributed by atoms with Crippen LogP contribution in [0.15, 0.2) is 84.9 Å². The molecule has 4 heterocycles. The number of aliphatic hydroxyl groups is 1. The van der Waals surface area contributed by atoms with Crippen LogP contribution in [0.25, 0.3) is 21.3 Å². The van der Waals surface area contributed by atoms with E-state index in [1.165, 1.54) is 11.3 Å². The Kier molecular flexibility index (Phi) is 7.77. The van der Waals surface area contributed by atoms with Gasteiger partial charge in [-0.3, -0.25) is 14.8 Å². The highest BCUT2D eigenvalue weighted by Crippen LogP contribution is 2.34. The number of anilines is 2. The normalized spacial score (nSPS) is 12.7. The SMILES string of the molecule is Cc1c(-c2ccc(N3CCc4cccc(C(=O)Nc5nc6ccccc6s5)c4C3)nc2C(=O)O)c(CO)nn1Cc1ccccc1. The molecular formula is C35H30N6O4S. The van der Waals surface area contributed by atoms with Crippen molar-refractivity contribution >= 4 is 44.4 Å². The first-order valence-corrected chi connectivity index (χ1v) is 15.7. The van der Waals surface area contributed by atoms with Gasteiger partial charge in [-0.1, -0.05) is 65.9 Å². The number of aromatic carboxylic acids is 1. The molecule has 0 bridgehead atoms. The van der Waals surface area contributed by atoms with E-state index in [1.807, 2.05) is 78.6 Å². The smallest absolute Gasteiger partial charge is 0.355 e. The van der Waals surface area contributed by atoms with Gasteiger partial charge in [0.25, 0.3) is 5.91 Å². The first-order valence-electron chi connectivity index (χ1n) is 14.9. The number of pyridine rings is 1. The van der Waals surface area contributed by atoms with Gasteiger partial charge in [-0.25, -0.2) is 14.8 Å². The van der Waals surface area contributed by atoms with Crippen LogP contribution < -0.4 is 10.2 Å². The highest BCUT2D eigenvalue weighted by Gasteiger charge is 2.27. The summed E-state index contributed by atoms with van der Waals surface area (Å²) in [6, 6.07) is 26.8. The second-order valence-corrected chi connectivity index (χ2v) is 12.2. The zero-order chi connectivity index (χ0) is 31.8. The Bertz CT molecular complexity index is 2070. The fraction of sp³-hybridized carbons (Fsp3) is 0.171. The van der Waals surface area contributed by atoms with E-state index in [1.54, 1.807) is 22.9 Å². The van der Waals surface area contributed by atoms with Crippen molar-refractivity contribution in [1.29, 1.82) is 0 Å². The van der Waals surface area contributed by atoms with Crippen molar-refractivity contribution in [3.05, 3.63) is 124 Å². The van der Waals surface area contributed by atoms with Crippen LogP contribution in [-0.2, 0) is 26.1 Å². The molecule has 10 nitrogen and oxygen atoms in total. The van der Waals surface area contributed by atoms with Crippen LogP contribution in [-0.4, -0.2) is 48.4 Å². The third kappa shape index (κ3) is 5.50. The van der Waals surface area contributed by atoms with Crippen molar-refractivity contribution in [3.8, 4) is 11.1 Å². The Hall–Kier alpha value is -5.39. The van der Waals surface area contributed by atoms with Crippen LogP contribution in [0, 0.1) is 6.92 Å². The van der Waals surface area contributed by atoms with Crippen LogP contribution in [0.2, 0.25) is 0 Å². The topological polar surface area (TPSA) is 133 Å². The molecule has 0 atom stereocenters. The number of carbonyl (C=O) groups excluding carboxylic acids is 1. The number of nitrogens with zero attached hydrogens (tertiary/aromatic N) is 5. The Morgan fingerprint density at radius 3 is 2.54 bits per heavy atom. The zero-order valence-corrected chi connectivity index (χ0v) is 25.8. The van der Waals surface area contributed by atoms with Gasteiger partial charge in [0.1, 0.15) is 5.82 Å². The number of benzene rings is 3. The summed E-state index contributed by atoms with van der Waals surface area (Å²) < 4.78 is 2.77. The van der Waals surface area contributed by atoms with Gasteiger partial charge in [0.05, 0.1) is 29.1 Å². The van der Waals surface area contributed by atoms with Crippen molar-refractivity contribution < 1.29 is 19.8 Å². The first kappa shape index (κ1) is 29.3. The Balaban J connectivity index is 1.18. The van der Waals surface area contributed by atoms with Gasteiger partial charge in [-0.05, 0) is 60.4 Å². The lowest BCUT2D eigenvalue weighted by atomic mass is 9.94. The fourth-order valence-corrected chi connectivity index (χ4v) is 6.91. The van der Waals surface area contributed by atoms with Crippen LogP contribution >= 0.6 is 11.3 Å². The molecule has 3 aromatic carbocycles. The number of para-hydroxylation sites is 1. The summed E-state index contributed by atoms with van der Waals surface area (Å²) in [6.45, 7) is 3.00. The maximum absolute atomic E-state index is 13.5. The molecule has 1 aliphatic rings. The van der Waals surface area contributed by atoms with Gasteiger partial charge in [0.15, 0.2) is 10.8 Å². The van der Waals surface area contributed by atoms with E-state index >= 15 is 0 Å². The highest BCUT2D eigenvalue weighted by atomic mass is 32.1. The Labute approximate surface area is 268 Å². The third-order valence-corrected chi connectivity index (χ3v) is 9.26. The van der Waals surface area contributed by atoms with E-state index in [2.05, 4.69) is 20.4 Å². The second-order valence-electron chi connectivity index (χ2n) is 11.1. The summed E-state index contributed by atoms with van der Waals surface area (Å²) in [4.78, 5) is 37.2. The lowest BCUT2D eigenvalue weighted by molar-refractivity contribution is 0.0691. The van der Waals surface area contributed by atoms with E-state index in [4.69, 9.17) is 0 Å². The number of rotatable bonds is 8. The molecule has 6 aromatic rings. The number of carboxylic acid groups (broad SMARTS) is 1. The first-order chi connectivity index (χ1) is 22.4. The summed E-state index contributed by atoms with van der Waals surface area (Å²) in [7, 11) is 0. The van der Waals surface area contributed by atoms with Crippen molar-refractivity contribution in [1.82, 2.24) is 19.7 Å². The van der Waals surface area contributed by atoms with Crippen LogP contribution in [0.3, 0.4) is 0 Å². The molecule has 1 aliphatic heterocycles. The molecule has 0 saturated carbocycles. The van der Waals surface area contributed by atoms with E-state index in [0.717, 1.165) is 32.6 Å². The molecule has 1 amide bonds. The van der Waals surface area contributed by atoms with Gasteiger partial charge < -0.3 is 15.1 Å². The average Bonchev–Trinajstić information content (AvgIpc) is 3.63. The van der Waals surface area contributed by atoms with Crippen LogP contribution in [0.5, 0.6) is 0 Å². The molecule has 11 heteroatoms. The molecule has 7 rings (SSSR count). The molecule has 0 spiro atoms. The largest absolute Gasteiger partial charge is 0.476 e. The Morgan fingerprint density at radius 2 is 1.76 bits per heavy atom. The van der Waals surface area contributed by atoms with Gasteiger partial charge in [0.2, 0.25) is 0 Å². The molecule has 0 radical (unpaired) electrons. The number of aromatic nitrogens is 4. The van der Waals surface area contributed by atoms with Gasteiger partial charge >= 0.3 is 5.97 Å². The van der Waals surface area contributed by atoms with Gasteiger partial charge in [-0.15, -0.1) is 0 Å². The zero-order valence-electron chi connectivity index (χ0n) is 25.0. The van der Waals surface area contributed by atoms with Crippen molar-refractivity contribution in [2.24, 2.45) is 0 Å². The van der Waals surface area contributed by atoms with E-state index in [0.29, 0.717) is 59.4 Å². The number of thiazole rings is 1. The monoisotopic (exact) mass is 630 g/mol. The average molecular weight is 631 g/mol. The van der Waals surface area contributed by atoms with Crippen LogP contribution in [0.1, 0.15) is 48.9 Å².